The normalized spacial score (nSPS) is 12.3. The summed E-state index contributed by atoms with van der Waals surface area (Å²) in [5.74, 6) is -1.43. The van der Waals surface area contributed by atoms with Crippen LogP contribution in [0.2, 0.25) is 5.02 Å². The smallest absolute Gasteiger partial charge is 0.173 e. The lowest BCUT2D eigenvalue weighted by atomic mass is 10.0. The van der Waals surface area contributed by atoms with Gasteiger partial charge in [-0.05, 0) is 51.3 Å². The van der Waals surface area contributed by atoms with Crippen molar-refractivity contribution in [2.24, 2.45) is 0 Å². The number of rotatable bonds is 4. The van der Waals surface area contributed by atoms with Crippen LogP contribution in [-0.4, -0.2) is 12.2 Å². The number of halogens is 4. The van der Waals surface area contributed by atoms with Gasteiger partial charge in [-0.25, -0.2) is 8.78 Å². The lowest BCUT2D eigenvalue weighted by molar-refractivity contribution is 0.175. The Hall–Kier alpha value is -1.17. The van der Waals surface area contributed by atoms with Crippen molar-refractivity contribution in [1.82, 2.24) is 0 Å². The molecular formula is C15H12BrClF2O2. The van der Waals surface area contributed by atoms with E-state index < -0.39 is 17.7 Å². The maximum Gasteiger partial charge on any atom is 0.173 e. The van der Waals surface area contributed by atoms with E-state index in [9.17, 15) is 13.9 Å². The first-order valence-electron chi connectivity index (χ1n) is 6.08. The van der Waals surface area contributed by atoms with E-state index in [1.54, 1.807) is 18.2 Å². The quantitative estimate of drug-likeness (QED) is 0.785. The van der Waals surface area contributed by atoms with Gasteiger partial charge in [-0.15, -0.1) is 0 Å². The highest BCUT2D eigenvalue weighted by atomic mass is 79.9. The van der Waals surface area contributed by atoms with Gasteiger partial charge in [-0.2, -0.15) is 0 Å². The number of hydrogen-bond donors (Lipinski definition) is 1. The Labute approximate surface area is 134 Å². The molecule has 0 heterocycles. The van der Waals surface area contributed by atoms with Gasteiger partial charge in [-0.1, -0.05) is 17.7 Å². The van der Waals surface area contributed by atoms with Crippen molar-refractivity contribution >= 4 is 27.5 Å². The first-order chi connectivity index (χ1) is 9.93. The van der Waals surface area contributed by atoms with Crippen LogP contribution in [0.15, 0.2) is 34.8 Å². The Balaban J connectivity index is 2.32. The van der Waals surface area contributed by atoms with E-state index in [0.717, 1.165) is 6.07 Å². The lowest BCUT2D eigenvalue weighted by Crippen LogP contribution is -2.06. The van der Waals surface area contributed by atoms with Gasteiger partial charge in [-0.3, -0.25) is 0 Å². The Kier molecular flexibility index (Phi) is 5.19. The summed E-state index contributed by atoms with van der Waals surface area (Å²) in [7, 11) is 1.51. The van der Waals surface area contributed by atoms with Crippen molar-refractivity contribution in [2.75, 3.05) is 7.11 Å². The lowest BCUT2D eigenvalue weighted by Gasteiger charge is -2.16. The molecule has 6 heteroatoms. The van der Waals surface area contributed by atoms with Crippen LogP contribution in [0.4, 0.5) is 8.78 Å². The van der Waals surface area contributed by atoms with E-state index in [2.05, 4.69) is 15.9 Å². The molecule has 0 saturated heterocycles. The summed E-state index contributed by atoms with van der Waals surface area (Å²) >= 11 is 8.89. The van der Waals surface area contributed by atoms with Crippen LogP contribution in [0.25, 0.3) is 0 Å². The minimum Gasteiger partial charge on any atom is -0.496 e. The zero-order valence-corrected chi connectivity index (χ0v) is 13.4. The minimum atomic E-state index is -1.03. The Morgan fingerprint density at radius 2 is 2.00 bits per heavy atom. The van der Waals surface area contributed by atoms with Crippen LogP contribution in [0.1, 0.15) is 17.2 Å². The summed E-state index contributed by atoms with van der Waals surface area (Å²) < 4.78 is 31.7. The monoisotopic (exact) mass is 376 g/mol. The van der Waals surface area contributed by atoms with Crippen molar-refractivity contribution in [3.63, 3.8) is 0 Å². The second kappa shape index (κ2) is 6.73. The van der Waals surface area contributed by atoms with Crippen molar-refractivity contribution in [3.05, 3.63) is 62.6 Å². The molecule has 1 N–H and O–H groups in total. The summed E-state index contributed by atoms with van der Waals surface area (Å²) in [6.07, 6.45) is -0.866. The Morgan fingerprint density at radius 3 is 2.67 bits per heavy atom. The van der Waals surface area contributed by atoms with E-state index in [4.69, 9.17) is 16.3 Å². The summed E-state index contributed by atoms with van der Waals surface area (Å²) in [4.78, 5) is 0. The fourth-order valence-electron chi connectivity index (χ4n) is 2.02. The van der Waals surface area contributed by atoms with Gasteiger partial charge >= 0.3 is 0 Å². The molecule has 2 rings (SSSR count). The standard InChI is InChI=1S/C15H12BrClF2O2/c1-21-13-5-2-9(17)6-8(13)7-12(20)10-3-4-11(18)15(19)14(10)16/h2-6,12,20H,7H2,1H3. The van der Waals surface area contributed by atoms with E-state index in [0.29, 0.717) is 16.3 Å². The van der Waals surface area contributed by atoms with E-state index in [1.807, 2.05) is 0 Å². The average molecular weight is 378 g/mol. The van der Waals surface area contributed by atoms with Gasteiger partial charge < -0.3 is 9.84 Å². The molecule has 0 aliphatic heterocycles. The number of benzene rings is 2. The zero-order chi connectivity index (χ0) is 15.6. The van der Waals surface area contributed by atoms with Crippen LogP contribution in [0.3, 0.4) is 0 Å². The summed E-state index contributed by atoms with van der Waals surface area (Å²) in [5.41, 5.74) is 0.935. The van der Waals surface area contributed by atoms with Gasteiger partial charge in [0.15, 0.2) is 11.6 Å². The summed E-state index contributed by atoms with van der Waals surface area (Å²) in [6, 6.07) is 7.34. The molecule has 2 nitrogen and oxygen atoms in total. The molecule has 112 valence electrons. The second-order valence-electron chi connectivity index (χ2n) is 4.44. The van der Waals surface area contributed by atoms with Gasteiger partial charge in [0.25, 0.3) is 0 Å². The van der Waals surface area contributed by atoms with Crippen LogP contribution in [0, 0.1) is 11.6 Å². The van der Waals surface area contributed by atoms with Crippen LogP contribution >= 0.6 is 27.5 Å². The van der Waals surface area contributed by atoms with Gasteiger partial charge in [0.1, 0.15) is 5.75 Å². The molecule has 0 radical (unpaired) electrons. The molecule has 2 aromatic rings. The third-order valence-electron chi connectivity index (χ3n) is 3.08. The maximum absolute atomic E-state index is 13.5. The topological polar surface area (TPSA) is 29.5 Å². The fraction of sp³-hybridized carbons (Fsp3) is 0.200. The molecule has 0 amide bonds. The van der Waals surface area contributed by atoms with Crippen LogP contribution < -0.4 is 4.74 Å². The summed E-state index contributed by atoms with van der Waals surface area (Å²) in [5, 5.41) is 10.8. The van der Waals surface area contributed by atoms with Gasteiger partial charge in [0.2, 0.25) is 0 Å². The maximum atomic E-state index is 13.5. The van der Waals surface area contributed by atoms with Gasteiger partial charge in [0.05, 0.1) is 17.7 Å². The largest absolute Gasteiger partial charge is 0.496 e. The molecule has 1 atom stereocenters. The first-order valence-corrected chi connectivity index (χ1v) is 7.25. The molecule has 0 saturated carbocycles. The van der Waals surface area contributed by atoms with Crippen molar-refractivity contribution in [3.8, 4) is 5.75 Å². The number of ether oxygens (including phenoxy) is 1. The highest BCUT2D eigenvalue weighted by molar-refractivity contribution is 9.10. The molecule has 21 heavy (non-hydrogen) atoms. The van der Waals surface area contributed by atoms with Gasteiger partial charge in [0, 0.05) is 11.4 Å². The molecule has 0 bridgehead atoms. The molecular weight excluding hydrogens is 366 g/mol. The number of aliphatic hydroxyl groups excluding tert-OH is 1. The predicted octanol–water partition coefficient (Wildman–Crippen LogP) is 4.67. The number of methoxy groups -OCH3 is 1. The fourth-order valence-corrected chi connectivity index (χ4v) is 2.80. The molecule has 0 fully saturated rings. The summed E-state index contributed by atoms with van der Waals surface area (Å²) in [6.45, 7) is 0. The molecule has 0 spiro atoms. The SMILES string of the molecule is COc1ccc(Cl)cc1CC(O)c1ccc(F)c(F)c1Br. The van der Waals surface area contributed by atoms with Crippen molar-refractivity contribution < 1.29 is 18.6 Å². The highest BCUT2D eigenvalue weighted by Crippen LogP contribution is 2.32. The predicted molar refractivity (Wildman–Crippen MR) is 80.7 cm³/mol. The molecule has 0 aliphatic carbocycles. The molecule has 2 aromatic carbocycles. The van der Waals surface area contributed by atoms with Crippen molar-refractivity contribution in [1.29, 1.82) is 0 Å². The second-order valence-corrected chi connectivity index (χ2v) is 5.67. The number of hydrogen-bond acceptors (Lipinski definition) is 2. The Morgan fingerprint density at radius 1 is 1.29 bits per heavy atom. The van der Waals surface area contributed by atoms with Crippen LogP contribution in [0.5, 0.6) is 5.75 Å². The molecule has 1 unspecified atom stereocenters. The molecule has 0 aromatic heterocycles. The highest BCUT2D eigenvalue weighted by Gasteiger charge is 2.19. The third-order valence-corrected chi connectivity index (χ3v) is 4.12. The number of aliphatic hydroxyl groups is 1. The Bertz CT molecular complexity index is 664. The first kappa shape index (κ1) is 16.2. The third kappa shape index (κ3) is 3.54. The minimum absolute atomic E-state index is 0.0870. The average Bonchev–Trinajstić information content (AvgIpc) is 2.45. The van der Waals surface area contributed by atoms with Crippen LogP contribution in [-0.2, 0) is 6.42 Å². The van der Waals surface area contributed by atoms with E-state index >= 15 is 0 Å². The zero-order valence-electron chi connectivity index (χ0n) is 11.0. The molecule has 0 aliphatic rings. The van der Waals surface area contributed by atoms with Crippen molar-refractivity contribution in [2.45, 2.75) is 12.5 Å². The van der Waals surface area contributed by atoms with E-state index in [1.165, 1.54) is 13.2 Å². The van der Waals surface area contributed by atoms with E-state index in [-0.39, 0.29) is 16.5 Å².